The molecule has 0 N–H and O–H groups in total. The summed E-state index contributed by atoms with van der Waals surface area (Å²) in [6, 6.07) is 17.1. The van der Waals surface area contributed by atoms with Crippen molar-refractivity contribution in [2.45, 2.75) is 155 Å². The van der Waals surface area contributed by atoms with Gasteiger partial charge < -0.3 is 9.47 Å². The summed E-state index contributed by atoms with van der Waals surface area (Å²) in [6.45, 7) is 6.98. The van der Waals surface area contributed by atoms with E-state index in [1.807, 2.05) is 24.3 Å². The smallest absolute Gasteiger partial charge is 0.119 e. The fourth-order valence-corrected chi connectivity index (χ4v) is 7.74. The van der Waals surface area contributed by atoms with E-state index in [4.69, 9.17) is 19.2 Å². The first-order valence-electron chi connectivity index (χ1n) is 19.4. The van der Waals surface area contributed by atoms with Crippen molar-refractivity contribution in [2.24, 2.45) is 17.8 Å². The molecule has 0 saturated heterocycles. The standard InChI is InChI=1S/C42H66O4/c1-3-5-7-8-9-10-11-14-35-15-19-37(20-16-35)38-21-23-39(24-22-38)40-25-29-42(30-26-40)44-32-13-12-31-43-41-27-17-36(18-28-41)34-46-45-33-6-4-2/h17-18,25-30,35,37-39H,3-16,19-24,31-34H2,1-2H3. The van der Waals surface area contributed by atoms with Crippen LogP contribution in [0.1, 0.15) is 159 Å². The van der Waals surface area contributed by atoms with Crippen LogP contribution in [-0.4, -0.2) is 19.8 Å². The zero-order valence-electron chi connectivity index (χ0n) is 29.5. The van der Waals surface area contributed by atoms with Crippen LogP contribution in [0, 0.1) is 17.8 Å². The van der Waals surface area contributed by atoms with Gasteiger partial charge in [0.15, 0.2) is 0 Å². The second-order valence-corrected chi connectivity index (χ2v) is 14.4. The van der Waals surface area contributed by atoms with E-state index in [0.29, 0.717) is 19.8 Å². The first-order valence-corrected chi connectivity index (χ1v) is 19.4. The zero-order valence-corrected chi connectivity index (χ0v) is 29.5. The molecule has 46 heavy (non-hydrogen) atoms. The van der Waals surface area contributed by atoms with Crippen molar-refractivity contribution in [1.29, 1.82) is 0 Å². The number of unbranched alkanes of at least 4 members (excludes halogenated alkanes) is 8. The molecular weight excluding hydrogens is 568 g/mol. The Labute approximate surface area is 282 Å². The SMILES string of the molecule is CCCCCCCCCC1CCC(C2CCC(c3ccc(OCCCCOc4ccc(COOCCCC)cc4)cc3)CC2)CC1. The molecule has 0 spiro atoms. The van der Waals surface area contributed by atoms with Crippen molar-refractivity contribution in [3.63, 3.8) is 0 Å². The van der Waals surface area contributed by atoms with Gasteiger partial charge in [-0.3, -0.25) is 0 Å². The van der Waals surface area contributed by atoms with Crippen LogP contribution in [-0.2, 0) is 16.4 Å². The van der Waals surface area contributed by atoms with Crippen molar-refractivity contribution in [3.8, 4) is 11.5 Å². The lowest BCUT2D eigenvalue weighted by atomic mass is 9.68. The molecule has 2 fully saturated rings. The van der Waals surface area contributed by atoms with E-state index in [0.717, 1.165) is 73.0 Å². The van der Waals surface area contributed by atoms with E-state index in [2.05, 4.69) is 38.1 Å². The van der Waals surface area contributed by atoms with Crippen LogP contribution >= 0.6 is 0 Å². The Kier molecular flexibility index (Phi) is 18.0. The van der Waals surface area contributed by atoms with Gasteiger partial charge in [0.1, 0.15) is 18.1 Å². The summed E-state index contributed by atoms with van der Waals surface area (Å²) >= 11 is 0. The first kappa shape index (κ1) is 36.8. The second-order valence-electron chi connectivity index (χ2n) is 14.4. The molecule has 0 radical (unpaired) electrons. The summed E-state index contributed by atoms with van der Waals surface area (Å²) in [4.78, 5) is 10.4. The van der Waals surface area contributed by atoms with Gasteiger partial charge in [-0.2, -0.15) is 0 Å². The third kappa shape index (κ3) is 14.0. The molecular formula is C42H66O4. The maximum Gasteiger partial charge on any atom is 0.119 e. The zero-order chi connectivity index (χ0) is 32.1. The minimum absolute atomic E-state index is 0.462. The van der Waals surface area contributed by atoms with Crippen LogP contribution in [0.4, 0.5) is 0 Å². The highest BCUT2D eigenvalue weighted by atomic mass is 17.2. The summed E-state index contributed by atoms with van der Waals surface area (Å²) in [5, 5.41) is 0. The van der Waals surface area contributed by atoms with Gasteiger partial charge in [0.05, 0.1) is 19.8 Å². The molecule has 0 aliphatic heterocycles. The van der Waals surface area contributed by atoms with Crippen LogP contribution in [0.3, 0.4) is 0 Å². The number of benzene rings is 2. The molecule has 4 heteroatoms. The van der Waals surface area contributed by atoms with Gasteiger partial charge in [0.25, 0.3) is 0 Å². The van der Waals surface area contributed by atoms with Gasteiger partial charge in [-0.25, -0.2) is 9.78 Å². The molecule has 0 aromatic heterocycles. The monoisotopic (exact) mass is 634 g/mol. The van der Waals surface area contributed by atoms with Crippen LogP contribution in [0.25, 0.3) is 0 Å². The normalized spacial score (nSPS) is 21.7. The summed E-state index contributed by atoms with van der Waals surface area (Å²) in [5.74, 6) is 5.63. The minimum Gasteiger partial charge on any atom is -0.494 e. The van der Waals surface area contributed by atoms with Gasteiger partial charge in [-0.15, -0.1) is 0 Å². The van der Waals surface area contributed by atoms with Crippen LogP contribution in [0.5, 0.6) is 11.5 Å². The number of ether oxygens (including phenoxy) is 2. The molecule has 0 heterocycles. The lowest BCUT2D eigenvalue weighted by Crippen LogP contribution is -2.25. The molecule has 0 amide bonds. The molecule has 2 aliphatic rings. The summed E-state index contributed by atoms with van der Waals surface area (Å²) in [7, 11) is 0. The molecule has 4 rings (SSSR count). The maximum atomic E-state index is 6.05. The predicted octanol–water partition coefficient (Wildman–Crippen LogP) is 12.4. The maximum absolute atomic E-state index is 6.05. The Morgan fingerprint density at radius 2 is 1.04 bits per heavy atom. The van der Waals surface area contributed by atoms with Gasteiger partial charge in [-0.05, 0) is 117 Å². The predicted molar refractivity (Wildman–Crippen MR) is 192 cm³/mol. The van der Waals surface area contributed by atoms with Crippen LogP contribution in [0.2, 0.25) is 0 Å². The Morgan fingerprint density at radius 3 is 1.65 bits per heavy atom. The van der Waals surface area contributed by atoms with Crippen LogP contribution in [0.15, 0.2) is 48.5 Å². The van der Waals surface area contributed by atoms with Crippen molar-refractivity contribution in [2.75, 3.05) is 19.8 Å². The Bertz CT molecular complexity index is 1000. The lowest BCUT2D eigenvalue weighted by molar-refractivity contribution is -0.304. The molecule has 258 valence electrons. The third-order valence-corrected chi connectivity index (χ3v) is 10.8. The largest absolute Gasteiger partial charge is 0.494 e. The molecule has 0 bridgehead atoms. The van der Waals surface area contributed by atoms with E-state index >= 15 is 0 Å². The number of hydrogen-bond acceptors (Lipinski definition) is 4. The fourth-order valence-electron chi connectivity index (χ4n) is 7.74. The Hall–Kier alpha value is -2.04. The van der Waals surface area contributed by atoms with E-state index < -0.39 is 0 Å². The summed E-state index contributed by atoms with van der Waals surface area (Å²) < 4.78 is 12.0. The van der Waals surface area contributed by atoms with Crippen molar-refractivity contribution in [1.82, 2.24) is 0 Å². The minimum atomic E-state index is 0.462. The molecule has 2 aliphatic carbocycles. The highest BCUT2D eigenvalue weighted by Gasteiger charge is 2.31. The molecule has 0 atom stereocenters. The molecule has 2 aromatic rings. The van der Waals surface area contributed by atoms with Gasteiger partial charge in [-0.1, -0.05) is 109 Å². The topological polar surface area (TPSA) is 36.9 Å². The van der Waals surface area contributed by atoms with Crippen molar-refractivity contribution in [3.05, 3.63) is 59.7 Å². The molecule has 2 aromatic carbocycles. The Morgan fingerprint density at radius 1 is 0.500 bits per heavy atom. The molecule has 4 nitrogen and oxygen atoms in total. The lowest BCUT2D eigenvalue weighted by Gasteiger charge is -2.38. The number of rotatable bonds is 23. The first-order chi connectivity index (χ1) is 22.7. The number of hydrogen-bond donors (Lipinski definition) is 0. The van der Waals surface area contributed by atoms with Gasteiger partial charge in [0, 0.05) is 0 Å². The van der Waals surface area contributed by atoms with Crippen molar-refractivity contribution >= 4 is 0 Å². The van der Waals surface area contributed by atoms with Crippen LogP contribution < -0.4 is 9.47 Å². The second kappa shape index (κ2) is 22.5. The van der Waals surface area contributed by atoms with E-state index in [1.165, 1.54) is 108 Å². The molecule has 2 saturated carbocycles. The Balaban J connectivity index is 1.01. The van der Waals surface area contributed by atoms with Crippen molar-refractivity contribution < 1.29 is 19.2 Å². The highest BCUT2D eigenvalue weighted by molar-refractivity contribution is 5.30. The van der Waals surface area contributed by atoms with E-state index in [1.54, 1.807) is 0 Å². The average Bonchev–Trinajstić information content (AvgIpc) is 3.10. The third-order valence-electron chi connectivity index (χ3n) is 10.8. The fraction of sp³-hybridized carbons (Fsp3) is 0.714. The summed E-state index contributed by atoms with van der Waals surface area (Å²) in [6.07, 6.45) is 27.3. The highest BCUT2D eigenvalue weighted by Crippen LogP contribution is 2.44. The van der Waals surface area contributed by atoms with E-state index in [9.17, 15) is 0 Å². The molecule has 0 unspecified atom stereocenters. The summed E-state index contributed by atoms with van der Waals surface area (Å²) in [5.41, 5.74) is 2.59. The van der Waals surface area contributed by atoms with E-state index in [-0.39, 0.29) is 0 Å². The average molecular weight is 635 g/mol. The van der Waals surface area contributed by atoms with Gasteiger partial charge >= 0.3 is 0 Å². The quantitative estimate of drug-likeness (QED) is 0.0692. The van der Waals surface area contributed by atoms with Gasteiger partial charge in [0.2, 0.25) is 0 Å².